The maximum absolute atomic E-state index is 6.46. The fourth-order valence-corrected chi connectivity index (χ4v) is 2.81. The summed E-state index contributed by atoms with van der Waals surface area (Å²) in [5.74, 6) is 0. The Hall–Kier alpha value is -2.20. The molecule has 2 N–H and O–H groups in total. The van der Waals surface area contributed by atoms with Gasteiger partial charge in [-0.1, -0.05) is 18.2 Å². The van der Waals surface area contributed by atoms with E-state index in [1.165, 1.54) is 5.69 Å². The zero-order valence-corrected chi connectivity index (χ0v) is 12.5. The van der Waals surface area contributed by atoms with E-state index in [9.17, 15) is 0 Å². The number of rotatable bonds is 4. The van der Waals surface area contributed by atoms with Gasteiger partial charge in [-0.25, -0.2) is 0 Å². The van der Waals surface area contributed by atoms with Crippen molar-refractivity contribution in [2.24, 2.45) is 5.73 Å². The van der Waals surface area contributed by atoms with Crippen molar-refractivity contribution in [2.45, 2.75) is 32.9 Å². The molecule has 0 aliphatic rings. The van der Waals surface area contributed by atoms with Crippen LogP contribution in [0.5, 0.6) is 0 Å². The van der Waals surface area contributed by atoms with E-state index in [4.69, 9.17) is 5.73 Å². The maximum atomic E-state index is 6.46. The number of nitrogens with two attached hydrogens (primary N) is 1. The lowest BCUT2D eigenvalue weighted by Crippen LogP contribution is -2.16. The van der Waals surface area contributed by atoms with Crippen LogP contribution in [0.1, 0.15) is 29.9 Å². The van der Waals surface area contributed by atoms with E-state index in [0.29, 0.717) is 0 Å². The van der Waals surface area contributed by atoms with E-state index in [2.05, 4.69) is 29.1 Å². The third-order valence-corrected chi connectivity index (χ3v) is 3.80. The number of benzene rings is 1. The van der Waals surface area contributed by atoms with E-state index in [1.807, 2.05) is 42.1 Å². The number of aromatic nitrogens is 3. The van der Waals surface area contributed by atoms with Crippen LogP contribution in [0.4, 0.5) is 0 Å². The Morgan fingerprint density at radius 2 is 2.05 bits per heavy atom. The Morgan fingerprint density at radius 1 is 1.24 bits per heavy atom. The topological polar surface area (TPSA) is 56.7 Å². The van der Waals surface area contributed by atoms with Crippen LogP contribution in [-0.4, -0.2) is 14.8 Å². The van der Waals surface area contributed by atoms with Gasteiger partial charge in [0.05, 0.1) is 11.2 Å². The normalized spacial score (nSPS) is 12.7. The molecule has 0 saturated carbocycles. The van der Waals surface area contributed by atoms with Crippen molar-refractivity contribution in [3.8, 4) is 0 Å². The van der Waals surface area contributed by atoms with Crippen molar-refractivity contribution in [1.82, 2.24) is 14.8 Å². The van der Waals surface area contributed by atoms with Crippen LogP contribution in [0.25, 0.3) is 10.9 Å². The molecule has 1 atom stereocenters. The van der Waals surface area contributed by atoms with Gasteiger partial charge in [-0.15, -0.1) is 0 Å². The highest BCUT2D eigenvalue weighted by molar-refractivity contribution is 5.82. The third kappa shape index (κ3) is 2.67. The summed E-state index contributed by atoms with van der Waals surface area (Å²) in [5, 5.41) is 5.62. The van der Waals surface area contributed by atoms with E-state index >= 15 is 0 Å². The predicted octanol–water partition coefficient (Wildman–Crippen LogP) is 3.00. The zero-order valence-electron chi connectivity index (χ0n) is 12.5. The van der Waals surface area contributed by atoms with E-state index in [-0.39, 0.29) is 6.04 Å². The molecular formula is C17H20N4. The molecular weight excluding hydrogens is 260 g/mol. The molecule has 0 bridgehead atoms. The van der Waals surface area contributed by atoms with Crippen molar-refractivity contribution < 1.29 is 0 Å². The van der Waals surface area contributed by atoms with Gasteiger partial charge in [0.2, 0.25) is 0 Å². The van der Waals surface area contributed by atoms with Crippen molar-refractivity contribution in [3.05, 3.63) is 59.5 Å². The standard InChI is InChI=1S/C17H20N4/c1-3-21-13(10-12(2)20-21)11-16(18)14-8-9-19-17-7-5-4-6-15(14)17/h4-10,16H,3,11,18H2,1-2H3. The second-order valence-electron chi connectivity index (χ2n) is 5.32. The smallest absolute Gasteiger partial charge is 0.0705 e. The van der Waals surface area contributed by atoms with Gasteiger partial charge in [-0.05, 0) is 37.6 Å². The van der Waals surface area contributed by atoms with Gasteiger partial charge in [0, 0.05) is 36.3 Å². The molecule has 21 heavy (non-hydrogen) atoms. The molecule has 0 aliphatic carbocycles. The first-order chi connectivity index (χ1) is 10.2. The number of fused-ring (bicyclic) bond motifs is 1. The lowest BCUT2D eigenvalue weighted by molar-refractivity contribution is 0.588. The Morgan fingerprint density at radius 3 is 2.86 bits per heavy atom. The number of aryl methyl sites for hydroxylation is 2. The summed E-state index contributed by atoms with van der Waals surface area (Å²) in [6, 6.07) is 12.2. The molecule has 4 heteroatoms. The molecule has 0 radical (unpaired) electrons. The molecule has 3 rings (SSSR count). The molecule has 3 aromatic rings. The molecule has 1 aromatic carbocycles. The Labute approximate surface area is 124 Å². The van der Waals surface area contributed by atoms with E-state index < -0.39 is 0 Å². The van der Waals surface area contributed by atoms with Crippen LogP contribution in [0.2, 0.25) is 0 Å². The number of hydrogen-bond acceptors (Lipinski definition) is 3. The van der Waals surface area contributed by atoms with Crippen LogP contribution in [0.15, 0.2) is 42.6 Å². The molecule has 2 heterocycles. The van der Waals surface area contributed by atoms with Gasteiger partial charge >= 0.3 is 0 Å². The minimum atomic E-state index is -0.0562. The van der Waals surface area contributed by atoms with Crippen molar-refractivity contribution in [1.29, 1.82) is 0 Å². The summed E-state index contributed by atoms with van der Waals surface area (Å²) in [6.45, 7) is 4.99. The number of pyridine rings is 1. The van der Waals surface area contributed by atoms with Crippen molar-refractivity contribution >= 4 is 10.9 Å². The quantitative estimate of drug-likeness (QED) is 0.799. The summed E-state index contributed by atoms with van der Waals surface area (Å²) >= 11 is 0. The first-order valence-corrected chi connectivity index (χ1v) is 7.31. The monoisotopic (exact) mass is 280 g/mol. The van der Waals surface area contributed by atoms with Crippen LogP contribution >= 0.6 is 0 Å². The largest absolute Gasteiger partial charge is 0.324 e. The average Bonchev–Trinajstić information content (AvgIpc) is 2.86. The molecule has 108 valence electrons. The minimum Gasteiger partial charge on any atom is -0.324 e. The van der Waals surface area contributed by atoms with Crippen LogP contribution in [-0.2, 0) is 13.0 Å². The molecule has 0 spiro atoms. The van der Waals surface area contributed by atoms with Crippen molar-refractivity contribution in [2.75, 3.05) is 0 Å². The second-order valence-corrected chi connectivity index (χ2v) is 5.32. The van der Waals surface area contributed by atoms with Crippen LogP contribution in [0.3, 0.4) is 0 Å². The average molecular weight is 280 g/mol. The highest BCUT2D eigenvalue weighted by Gasteiger charge is 2.14. The summed E-state index contributed by atoms with van der Waals surface area (Å²) in [6.07, 6.45) is 2.61. The Bertz CT molecular complexity index is 755. The second kappa shape index (κ2) is 5.66. The lowest BCUT2D eigenvalue weighted by Gasteiger charge is -2.15. The van der Waals surface area contributed by atoms with E-state index in [0.717, 1.165) is 35.1 Å². The van der Waals surface area contributed by atoms with Gasteiger partial charge in [0.15, 0.2) is 0 Å². The maximum Gasteiger partial charge on any atom is 0.0705 e. The van der Waals surface area contributed by atoms with Gasteiger partial charge < -0.3 is 5.73 Å². The SMILES string of the molecule is CCn1nc(C)cc1CC(N)c1ccnc2ccccc12. The first kappa shape index (κ1) is 13.8. The highest BCUT2D eigenvalue weighted by Crippen LogP contribution is 2.24. The number of para-hydroxylation sites is 1. The molecule has 0 fully saturated rings. The number of nitrogens with zero attached hydrogens (tertiary/aromatic N) is 3. The van der Waals surface area contributed by atoms with Crippen LogP contribution in [0, 0.1) is 6.92 Å². The molecule has 0 aliphatic heterocycles. The number of hydrogen-bond donors (Lipinski definition) is 1. The summed E-state index contributed by atoms with van der Waals surface area (Å²) < 4.78 is 2.03. The zero-order chi connectivity index (χ0) is 14.8. The third-order valence-electron chi connectivity index (χ3n) is 3.80. The molecule has 2 aromatic heterocycles. The Kier molecular flexibility index (Phi) is 3.71. The fraction of sp³-hybridized carbons (Fsp3) is 0.294. The minimum absolute atomic E-state index is 0.0562. The molecule has 4 nitrogen and oxygen atoms in total. The van der Waals surface area contributed by atoms with Gasteiger partial charge in [0.25, 0.3) is 0 Å². The van der Waals surface area contributed by atoms with Crippen molar-refractivity contribution in [3.63, 3.8) is 0 Å². The summed E-state index contributed by atoms with van der Waals surface area (Å²) in [4.78, 5) is 4.40. The van der Waals surface area contributed by atoms with E-state index in [1.54, 1.807) is 0 Å². The van der Waals surface area contributed by atoms with Gasteiger partial charge in [0.1, 0.15) is 0 Å². The predicted molar refractivity (Wildman–Crippen MR) is 85.0 cm³/mol. The first-order valence-electron chi connectivity index (χ1n) is 7.31. The fourth-order valence-electron chi connectivity index (χ4n) is 2.81. The Balaban J connectivity index is 1.95. The molecule has 0 saturated heterocycles. The molecule has 0 amide bonds. The van der Waals surface area contributed by atoms with Crippen LogP contribution < -0.4 is 5.73 Å². The summed E-state index contributed by atoms with van der Waals surface area (Å²) in [7, 11) is 0. The highest BCUT2D eigenvalue weighted by atomic mass is 15.3. The lowest BCUT2D eigenvalue weighted by atomic mass is 9.99. The summed E-state index contributed by atoms with van der Waals surface area (Å²) in [5.41, 5.74) is 10.8. The van der Waals surface area contributed by atoms with Gasteiger partial charge in [-0.3, -0.25) is 9.67 Å². The molecule has 1 unspecified atom stereocenters. The van der Waals surface area contributed by atoms with Gasteiger partial charge in [-0.2, -0.15) is 5.10 Å².